The minimum absolute atomic E-state index is 0.239. The van der Waals surface area contributed by atoms with Gasteiger partial charge < -0.3 is 10.1 Å². The van der Waals surface area contributed by atoms with Gasteiger partial charge in [-0.15, -0.1) is 0 Å². The molecule has 1 N–H and O–H groups in total. The molecule has 0 unspecified atom stereocenters. The maximum absolute atomic E-state index is 13.4. The zero-order chi connectivity index (χ0) is 13.7. The number of rotatable bonds is 5. The van der Waals surface area contributed by atoms with E-state index in [4.69, 9.17) is 4.74 Å². The monoisotopic (exact) mass is 323 g/mol. The molecule has 0 atom stereocenters. The van der Waals surface area contributed by atoms with Crippen LogP contribution in [-0.4, -0.2) is 7.11 Å². The van der Waals surface area contributed by atoms with Gasteiger partial charge in [0.2, 0.25) is 0 Å². The Kier molecular flexibility index (Phi) is 4.93. The van der Waals surface area contributed by atoms with Crippen LogP contribution in [0, 0.1) is 5.82 Å². The Balaban J connectivity index is 1.98. The van der Waals surface area contributed by atoms with Crippen molar-refractivity contribution in [3.8, 4) is 5.75 Å². The second-order valence-electron chi connectivity index (χ2n) is 4.13. The van der Waals surface area contributed by atoms with Crippen molar-refractivity contribution < 1.29 is 9.13 Å². The van der Waals surface area contributed by atoms with Crippen LogP contribution >= 0.6 is 15.9 Å². The SMILES string of the molecule is COc1ccccc1CNCc1cccc(F)c1Br. The third-order valence-electron chi connectivity index (χ3n) is 2.85. The average molecular weight is 324 g/mol. The lowest BCUT2D eigenvalue weighted by Gasteiger charge is -2.10. The highest BCUT2D eigenvalue weighted by atomic mass is 79.9. The predicted octanol–water partition coefficient (Wildman–Crippen LogP) is 3.89. The number of methoxy groups -OCH3 is 1. The maximum atomic E-state index is 13.4. The standard InChI is InChI=1S/C15H15BrFNO/c1-19-14-8-3-2-5-11(14)9-18-10-12-6-4-7-13(17)15(12)16/h2-8,18H,9-10H2,1H3. The summed E-state index contributed by atoms with van der Waals surface area (Å²) in [6.07, 6.45) is 0. The fourth-order valence-electron chi connectivity index (χ4n) is 1.87. The molecule has 0 aliphatic heterocycles. The molecule has 2 rings (SSSR count). The lowest BCUT2D eigenvalue weighted by Crippen LogP contribution is -2.14. The molecule has 0 aromatic heterocycles. The Hall–Kier alpha value is -1.39. The fourth-order valence-corrected chi connectivity index (χ4v) is 2.27. The first kappa shape index (κ1) is 14.0. The highest BCUT2D eigenvalue weighted by molar-refractivity contribution is 9.10. The molecule has 0 amide bonds. The highest BCUT2D eigenvalue weighted by Gasteiger charge is 2.05. The van der Waals surface area contributed by atoms with Gasteiger partial charge in [0, 0.05) is 18.7 Å². The van der Waals surface area contributed by atoms with Gasteiger partial charge in [-0.1, -0.05) is 30.3 Å². The van der Waals surface area contributed by atoms with Crippen molar-refractivity contribution in [2.45, 2.75) is 13.1 Å². The molecule has 0 bridgehead atoms. The van der Waals surface area contributed by atoms with E-state index in [1.165, 1.54) is 6.07 Å². The Morgan fingerprint density at radius 3 is 2.53 bits per heavy atom. The van der Waals surface area contributed by atoms with Crippen molar-refractivity contribution >= 4 is 15.9 Å². The van der Waals surface area contributed by atoms with E-state index in [0.29, 0.717) is 17.6 Å². The zero-order valence-corrected chi connectivity index (χ0v) is 12.2. The first-order valence-electron chi connectivity index (χ1n) is 5.98. The summed E-state index contributed by atoms with van der Waals surface area (Å²) < 4.78 is 19.2. The molecule has 19 heavy (non-hydrogen) atoms. The molecule has 2 aromatic rings. The summed E-state index contributed by atoms with van der Waals surface area (Å²) in [7, 11) is 1.65. The van der Waals surface area contributed by atoms with E-state index in [1.807, 2.05) is 30.3 Å². The smallest absolute Gasteiger partial charge is 0.137 e. The second-order valence-corrected chi connectivity index (χ2v) is 4.92. The molecule has 0 aliphatic rings. The summed E-state index contributed by atoms with van der Waals surface area (Å²) in [6.45, 7) is 1.27. The zero-order valence-electron chi connectivity index (χ0n) is 10.6. The first-order chi connectivity index (χ1) is 9.22. The van der Waals surface area contributed by atoms with Gasteiger partial charge >= 0.3 is 0 Å². The summed E-state index contributed by atoms with van der Waals surface area (Å²) in [5, 5.41) is 3.28. The van der Waals surface area contributed by atoms with Gasteiger partial charge in [-0.3, -0.25) is 0 Å². The molecule has 0 spiro atoms. The van der Waals surface area contributed by atoms with Crippen LogP contribution in [0.2, 0.25) is 0 Å². The van der Waals surface area contributed by atoms with Crippen molar-refractivity contribution in [3.05, 3.63) is 63.9 Å². The van der Waals surface area contributed by atoms with Gasteiger partial charge in [-0.2, -0.15) is 0 Å². The molecule has 0 fully saturated rings. The van der Waals surface area contributed by atoms with Gasteiger partial charge in [-0.25, -0.2) is 4.39 Å². The molecule has 0 heterocycles. The number of para-hydroxylation sites is 1. The molecule has 0 radical (unpaired) electrons. The molecule has 0 aliphatic carbocycles. The van der Waals surface area contributed by atoms with Gasteiger partial charge in [-0.05, 0) is 33.6 Å². The molecular weight excluding hydrogens is 309 g/mol. The van der Waals surface area contributed by atoms with Crippen LogP contribution in [0.25, 0.3) is 0 Å². The van der Waals surface area contributed by atoms with Gasteiger partial charge in [0.15, 0.2) is 0 Å². The lowest BCUT2D eigenvalue weighted by atomic mass is 10.2. The summed E-state index contributed by atoms with van der Waals surface area (Å²) in [6, 6.07) is 12.9. The van der Waals surface area contributed by atoms with Crippen LogP contribution in [-0.2, 0) is 13.1 Å². The van der Waals surface area contributed by atoms with E-state index in [0.717, 1.165) is 16.9 Å². The van der Waals surface area contributed by atoms with Crippen molar-refractivity contribution in [1.82, 2.24) is 5.32 Å². The normalized spacial score (nSPS) is 10.5. The van der Waals surface area contributed by atoms with E-state index in [2.05, 4.69) is 21.2 Å². The highest BCUT2D eigenvalue weighted by Crippen LogP contribution is 2.21. The molecule has 0 saturated heterocycles. The predicted molar refractivity (Wildman–Crippen MR) is 77.6 cm³/mol. The van der Waals surface area contributed by atoms with Crippen LogP contribution in [0.4, 0.5) is 4.39 Å². The summed E-state index contributed by atoms with van der Waals surface area (Å²) in [4.78, 5) is 0. The topological polar surface area (TPSA) is 21.3 Å². The van der Waals surface area contributed by atoms with Crippen molar-refractivity contribution in [2.24, 2.45) is 0 Å². The molecule has 100 valence electrons. The van der Waals surface area contributed by atoms with Gasteiger partial charge in [0.25, 0.3) is 0 Å². The summed E-state index contributed by atoms with van der Waals surface area (Å²) in [5.41, 5.74) is 1.98. The Morgan fingerprint density at radius 2 is 1.74 bits per heavy atom. The van der Waals surface area contributed by atoms with Gasteiger partial charge in [0.05, 0.1) is 11.6 Å². The van der Waals surface area contributed by atoms with Crippen molar-refractivity contribution in [3.63, 3.8) is 0 Å². The van der Waals surface area contributed by atoms with Crippen LogP contribution in [0.5, 0.6) is 5.75 Å². The van der Waals surface area contributed by atoms with Crippen LogP contribution in [0.15, 0.2) is 46.9 Å². The fraction of sp³-hybridized carbons (Fsp3) is 0.200. The molecule has 2 nitrogen and oxygen atoms in total. The number of hydrogen-bond donors (Lipinski definition) is 1. The van der Waals surface area contributed by atoms with E-state index in [-0.39, 0.29) is 5.82 Å². The molecule has 0 saturated carbocycles. The largest absolute Gasteiger partial charge is 0.496 e. The third kappa shape index (κ3) is 3.55. The maximum Gasteiger partial charge on any atom is 0.137 e. The molecule has 2 aromatic carbocycles. The Labute approximate surface area is 120 Å². The average Bonchev–Trinajstić information content (AvgIpc) is 2.44. The summed E-state index contributed by atoms with van der Waals surface area (Å²) >= 11 is 3.26. The number of benzene rings is 2. The van der Waals surface area contributed by atoms with Gasteiger partial charge in [0.1, 0.15) is 11.6 Å². The number of halogens is 2. The Morgan fingerprint density at radius 1 is 1.05 bits per heavy atom. The third-order valence-corrected chi connectivity index (χ3v) is 3.74. The molecular formula is C15H15BrFNO. The Bertz CT molecular complexity index is 560. The minimum Gasteiger partial charge on any atom is -0.496 e. The number of nitrogens with one attached hydrogen (secondary N) is 1. The first-order valence-corrected chi connectivity index (χ1v) is 6.77. The van der Waals surface area contributed by atoms with E-state index in [9.17, 15) is 4.39 Å². The van der Waals surface area contributed by atoms with E-state index < -0.39 is 0 Å². The van der Waals surface area contributed by atoms with E-state index >= 15 is 0 Å². The summed E-state index contributed by atoms with van der Waals surface area (Å²) in [5.74, 6) is 0.616. The van der Waals surface area contributed by atoms with Crippen LogP contribution in [0.3, 0.4) is 0 Å². The second kappa shape index (κ2) is 6.68. The van der Waals surface area contributed by atoms with Crippen molar-refractivity contribution in [1.29, 1.82) is 0 Å². The molecule has 4 heteroatoms. The van der Waals surface area contributed by atoms with E-state index in [1.54, 1.807) is 13.2 Å². The van der Waals surface area contributed by atoms with Crippen LogP contribution in [0.1, 0.15) is 11.1 Å². The lowest BCUT2D eigenvalue weighted by molar-refractivity contribution is 0.407. The minimum atomic E-state index is -0.239. The van der Waals surface area contributed by atoms with Crippen molar-refractivity contribution in [2.75, 3.05) is 7.11 Å². The number of ether oxygens (including phenoxy) is 1. The number of hydrogen-bond acceptors (Lipinski definition) is 2. The van der Waals surface area contributed by atoms with Crippen LogP contribution < -0.4 is 10.1 Å². The quantitative estimate of drug-likeness (QED) is 0.901.